The predicted molar refractivity (Wildman–Crippen MR) is 97.5 cm³/mol. The Balaban J connectivity index is 2.19. The highest BCUT2D eigenvalue weighted by Gasteiger charge is 2.38. The summed E-state index contributed by atoms with van der Waals surface area (Å²) in [5.74, 6) is 1.15. The van der Waals surface area contributed by atoms with Gasteiger partial charge >= 0.3 is 0 Å². The summed E-state index contributed by atoms with van der Waals surface area (Å²) >= 11 is 13.7. The van der Waals surface area contributed by atoms with E-state index >= 15 is 0 Å². The fourth-order valence-electron chi connectivity index (χ4n) is 2.06. The minimum Gasteiger partial charge on any atom is -0.504 e. The number of halogens is 4. The molecule has 1 aliphatic rings. The highest BCUT2D eigenvalue weighted by atomic mass is 80.0. The van der Waals surface area contributed by atoms with E-state index in [0.717, 1.165) is 0 Å². The van der Waals surface area contributed by atoms with Gasteiger partial charge in [-0.2, -0.15) is 0 Å². The number of phenols is 2. The Kier molecular flexibility index (Phi) is 4.39. The van der Waals surface area contributed by atoms with E-state index in [4.69, 9.17) is 9.47 Å². The molecule has 4 nitrogen and oxygen atoms in total. The Morgan fingerprint density at radius 2 is 1.55 bits per heavy atom. The normalized spacial score (nSPS) is 14.4. The van der Waals surface area contributed by atoms with Crippen molar-refractivity contribution in [3.05, 3.63) is 35.9 Å². The first-order valence-electron chi connectivity index (χ1n) is 6.03. The molecule has 0 spiro atoms. The van der Waals surface area contributed by atoms with Crippen LogP contribution in [0.25, 0.3) is 0 Å². The number of rotatable bonds is 1. The average molecular weight is 560 g/mol. The van der Waals surface area contributed by atoms with Crippen LogP contribution in [-0.4, -0.2) is 12.4 Å². The maximum atomic E-state index is 10.3. The molecule has 3 rings (SSSR count). The summed E-state index contributed by atoms with van der Waals surface area (Å²) in [7, 11) is 0. The maximum Gasteiger partial charge on any atom is 0.178 e. The minimum atomic E-state index is -0.758. The summed E-state index contributed by atoms with van der Waals surface area (Å²) in [6.07, 6.45) is 0. The van der Waals surface area contributed by atoms with Crippen molar-refractivity contribution in [2.75, 3.05) is 0 Å². The van der Waals surface area contributed by atoms with Gasteiger partial charge in [0, 0.05) is 6.07 Å². The Morgan fingerprint density at radius 1 is 0.955 bits per heavy atom. The van der Waals surface area contributed by atoms with Crippen molar-refractivity contribution in [3.63, 3.8) is 0 Å². The van der Waals surface area contributed by atoms with Crippen molar-refractivity contribution >= 4 is 63.7 Å². The number of benzene rings is 2. The standard InChI is InChI=1S/C14H8Br4O4/c15-13(14(16,17)18)10-11(20)6(19)5-9-12(10)22-8-4-2-1-3-7(8)21-9/h1-5,13,19-20H. The number of hydrogen-bond acceptors (Lipinski definition) is 4. The van der Waals surface area contributed by atoms with Gasteiger partial charge in [-0.15, -0.1) is 0 Å². The Labute approximate surface area is 159 Å². The summed E-state index contributed by atoms with van der Waals surface area (Å²) < 4.78 is 10.9. The number of ether oxygens (including phenoxy) is 2. The van der Waals surface area contributed by atoms with E-state index in [2.05, 4.69) is 63.7 Å². The average Bonchev–Trinajstić information content (AvgIpc) is 2.45. The second-order valence-electron chi connectivity index (χ2n) is 4.54. The first-order valence-corrected chi connectivity index (χ1v) is 9.33. The Morgan fingerprint density at radius 3 is 2.14 bits per heavy atom. The topological polar surface area (TPSA) is 58.9 Å². The van der Waals surface area contributed by atoms with Gasteiger partial charge in [0.1, 0.15) is 0 Å². The van der Waals surface area contributed by atoms with Crippen LogP contribution in [0.4, 0.5) is 0 Å². The van der Waals surface area contributed by atoms with Gasteiger partial charge in [-0.05, 0) is 12.1 Å². The molecule has 1 atom stereocenters. The monoisotopic (exact) mass is 556 g/mol. The van der Waals surface area contributed by atoms with E-state index < -0.39 is 6.97 Å². The van der Waals surface area contributed by atoms with Gasteiger partial charge in [0.2, 0.25) is 0 Å². The molecule has 0 radical (unpaired) electrons. The van der Waals surface area contributed by atoms with Gasteiger partial charge in [0.05, 0.1) is 10.4 Å². The third-order valence-electron chi connectivity index (χ3n) is 3.06. The van der Waals surface area contributed by atoms with Crippen LogP contribution < -0.4 is 9.47 Å². The smallest absolute Gasteiger partial charge is 0.178 e. The van der Waals surface area contributed by atoms with Crippen LogP contribution in [-0.2, 0) is 0 Å². The minimum absolute atomic E-state index is 0.286. The van der Waals surface area contributed by atoms with Gasteiger partial charge in [0.25, 0.3) is 0 Å². The lowest BCUT2D eigenvalue weighted by atomic mass is 10.1. The zero-order valence-electron chi connectivity index (χ0n) is 10.7. The zero-order chi connectivity index (χ0) is 16.1. The zero-order valence-corrected chi connectivity index (χ0v) is 17.0. The van der Waals surface area contributed by atoms with Gasteiger partial charge in [-0.25, -0.2) is 0 Å². The number of fused-ring (bicyclic) bond motifs is 2. The molecule has 0 aliphatic carbocycles. The highest BCUT2D eigenvalue weighted by Crippen LogP contribution is 2.60. The molecule has 1 aliphatic heterocycles. The third kappa shape index (κ3) is 2.86. The van der Waals surface area contributed by atoms with Crippen molar-refractivity contribution in [3.8, 4) is 34.5 Å². The van der Waals surface area contributed by atoms with Crippen LogP contribution in [0.15, 0.2) is 30.3 Å². The van der Waals surface area contributed by atoms with E-state index in [9.17, 15) is 10.2 Å². The van der Waals surface area contributed by atoms with Crippen LogP contribution in [0.3, 0.4) is 0 Å². The molecule has 0 aromatic heterocycles. The van der Waals surface area contributed by atoms with E-state index in [1.807, 2.05) is 12.1 Å². The summed E-state index contributed by atoms with van der Waals surface area (Å²) in [5, 5.41) is 20.2. The SMILES string of the molecule is Oc1cc2c(c(C(Br)C(Br)(Br)Br)c1O)Oc1ccccc1O2. The van der Waals surface area contributed by atoms with Crippen molar-refractivity contribution in [1.29, 1.82) is 0 Å². The highest BCUT2D eigenvalue weighted by molar-refractivity contribution is 9.40. The van der Waals surface area contributed by atoms with E-state index in [1.54, 1.807) is 12.1 Å². The molecule has 0 saturated carbocycles. The maximum absolute atomic E-state index is 10.3. The molecule has 0 amide bonds. The van der Waals surface area contributed by atoms with Gasteiger partial charge in [-0.3, -0.25) is 0 Å². The molecule has 2 aromatic carbocycles. The molecule has 2 N–H and O–H groups in total. The molecule has 0 bridgehead atoms. The number of para-hydroxylation sites is 2. The Hall–Kier alpha value is -0.440. The lowest BCUT2D eigenvalue weighted by Gasteiger charge is -2.28. The van der Waals surface area contributed by atoms with E-state index in [0.29, 0.717) is 28.6 Å². The molecule has 0 fully saturated rings. The molecule has 1 unspecified atom stereocenters. The van der Waals surface area contributed by atoms with Crippen LogP contribution in [0.1, 0.15) is 10.4 Å². The lowest BCUT2D eigenvalue weighted by molar-refractivity contribution is 0.341. The number of aromatic hydroxyl groups is 2. The van der Waals surface area contributed by atoms with Crippen molar-refractivity contribution in [2.24, 2.45) is 0 Å². The first-order chi connectivity index (χ1) is 10.3. The summed E-state index contributed by atoms with van der Waals surface area (Å²) in [6, 6.07) is 8.49. The second kappa shape index (κ2) is 5.89. The van der Waals surface area contributed by atoms with Crippen molar-refractivity contribution in [2.45, 2.75) is 6.97 Å². The quantitative estimate of drug-likeness (QED) is 0.273. The number of alkyl halides is 4. The molecular formula is C14H8Br4O4. The Bertz CT molecular complexity index is 742. The summed E-state index contributed by atoms with van der Waals surface area (Å²) in [6.45, 7) is 0. The molecule has 22 heavy (non-hydrogen) atoms. The predicted octanol–water partition coefficient (Wildman–Crippen LogP) is 6.27. The van der Waals surface area contributed by atoms with Crippen LogP contribution in [0.2, 0.25) is 0 Å². The van der Waals surface area contributed by atoms with Crippen molar-refractivity contribution in [1.82, 2.24) is 0 Å². The summed E-state index contributed by atoms with van der Waals surface area (Å²) in [4.78, 5) is -0.477. The van der Waals surface area contributed by atoms with E-state index in [1.165, 1.54) is 6.07 Å². The summed E-state index contributed by atoms with van der Waals surface area (Å²) in [5.41, 5.74) is 0.343. The van der Waals surface area contributed by atoms with Gasteiger partial charge in [0.15, 0.2) is 36.6 Å². The van der Waals surface area contributed by atoms with Gasteiger partial charge < -0.3 is 19.7 Å². The largest absolute Gasteiger partial charge is 0.504 e. The lowest BCUT2D eigenvalue weighted by Crippen LogP contribution is -2.12. The molecule has 1 heterocycles. The fourth-order valence-corrected chi connectivity index (χ4v) is 3.17. The van der Waals surface area contributed by atoms with Crippen molar-refractivity contribution < 1.29 is 19.7 Å². The first kappa shape index (κ1) is 16.4. The van der Waals surface area contributed by atoms with E-state index in [-0.39, 0.29) is 11.5 Å². The third-order valence-corrected chi connectivity index (χ3v) is 7.42. The molecule has 8 heteroatoms. The molecule has 2 aromatic rings. The van der Waals surface area contributed by atoms with Gasteiger partial charge in [-0.1, -0.05) is 75.9 Å². The molecular weight excluding hydrogens is 552 g/mol. The number of phenolic OH excluding ortho intramolecular Hbond substituents is 2. The molecule has 116 valence electrons. The van der Waals surface area contributed by atoms with Crippen LogP contribution in [0, 0.1) is 0 Å². The number of hydrogen-bond donors (Lipinski definition) is 2. The van der Waals surface area contributed by atoms with Crippen LogP contribution >= 0.6 is 63.7 Å². The second-order valence-corrected chi connectivity index (χ2v) is 12.4. The fraction of sp³-hybridized carbons (Fsp3) is 0.143. The molecule has 0 saturated heterocycles. The van der Waals surface area contributed by atoms with Crippen LogP contribution in [0.5, 0.6) is 34.5 Å².